The number of likely N-dealkylation sites (tertiary alicyclic amines) is 1. The van der Waals surface area contributed by atoms with E-state index in [1.165, 1.54) is 19.3 Å². The van der Waals surface area contributed by atoms with Crippen LogP contribution in [0.15, 0.2) is 0 Å². The molecule has 1 saturated carbocycles. The van der Waals surface area contributed by atoms with E-state index < -0.39 is 0 Å². The molecule has 1 aliphatic carbocycles. The van der Waals surface area contributed by atoms with Gasteiger partial charge in [-0.15, -0.1) is 0 Å². The lowest BCUT2D eigenvalue weighted by atomic mass is 9.94. The summed E-state index contributed by atoms with van der Waals surface area (Å²) in [6.07, 6.45) is 4.36. The number of hydrogen-bond donors (Lipinski definition) is 0. The highest BCUT2D eigenvalue weighted by atomic mass is 15.2. The summed E-state index contributed by atoms with van der Waals surface area (Å²) in [5.41, 5.74) is 0. The van der Waals surface area contributed by atoms with Crippen molar-refractivity contribution >= 4 is 0 Å². The molecule has 4 unspecified atom stereocenters. The summed E-state index contributed by atoms with van der Waals surface area (Å²) in [6.45, 7) is 4.79. The van der Waals surface area contributed by atoms with Crippen molar-refractivity contribution in [2.24, 2.45) is 11.8 Å². The summed E-state index contributed by atoms with van der Waals surface area (Å²) in [6, 6.07) is 1.77. The molecule has 0 radical (unpaired) electrons. The number of nitrogens with zero attached hydrogens (tertiary/aromatic N) is 1. The normalized spacial score (nSPS) is 51.5. The summed E-state index contributed by atoms with van der Waals surface area (Å²) in [5, 5.41) is 0. The molecule has 0 aromatic carbocycles. The van der Waals surface area contributed by atoms with Crippen LogP contribution in [0.1, 0.15) is 33.1 Å². The van der Waals surface area contributed by atoms with Gasteiger partial charge in [0.1, 0.15) is 0 Å². The molecule has 0 bridgehead atoms. The molecule has 2 aliphatic rings. The van der Waals surface area contributed by atoms with Crippen LogP contribution in [0.4, 0.5) is 0 Å². The Hall–Kier alpha value is -0.0400. The Bertz CT molecular complexity index is 155. The van der Waals surface area contributed by atoms with Gasteiger partial charge in [0.05, 0.1) is 0 Å². The van der Waals surface area contributed by atoms with E-state index in [0.717, 1.165) is 23.9 Å². The van der Waals surface area contributed by atoms with Gasteiger partial charge in [-0.2, -0.15) is 0 Å². The molecule has 0 spiro atoms. The van der Waals surface area contributed by atoms with Crippen molar-refractivity contribution in [2.75, 3.05) is 7.05 Å². The fraction of sp³-hybridized carbons (Fsp3) is 1.00. The summed E-state index contributed by atoms with van der Waals surface area (Å²) >= 11 is 0. The largest absolute Gasteiger partial charge is 0.300 e. The van der Waals surface area contributed by atoms with E-state index in [4.69, 9.17) is 0 Å². The van der Waals surface area contributed by atoms with Crippen LogP contribution < -0.4 is 0 Å². The van der Waals surface area contributed by atoms with Crippen molar-refractivity contribution < 1.29 is 0 Å². The molecule has 1 saturated heterocycles. The Balaban J connectivity index is 2.12. The van der Waals surface area contributed by atoms with Gasteiger partial charge < -0.3 is 4.90 Å². The third-order valence-electron chi connectivity index (χ3n) is 3.97. The summed E-state index contributed by atoms with van der Waals surface area (Å²) in [4.78, 5) is 2.59. The highest BCUT2D eigenvalue weighted by molar-refractivity contribution is 4.96. The first-order chi connectivity index (χ1) is 5.20. The third-order valence-corrected chi connectivity index (χ3v) is 3.97. The average molecular weight is 153 g/mol. The quantitative estimate of drug-likeness (QED) is 0.515. The topological polar surface area (TPSA) is 3.24 Å². The van der Waals surface area contributed by atoms with Crippen molar-refractivity contribution in [3.63, 3.8) is 0 Å². The zero-order chi connectivity index (χ0) is 8.01. The molecule has 0 N–H and O–H groups in total. The van der Waals surface area contributed by atoms with Gasteiger partial charge in [0.15, 0.2) is 0 Å². The third kappa shape index (κ3) is 1.01. The van der Waals surface area contributed by atoms with Crippen LogP contribution in [0.25, 0.3) is 0 Å². The standard InChI is InChI=1S/C10H19N/c1-7-4-5-10-9(7)6-8(2)11(10)3/h7-10H,4-6H2,1-3H3. The van der Waals surface area contributed by atoms with Crippen molar-refractivity contribution in [2.45, 2.75) is 45.2 Å². The Morgan fingerprint density at radius 3 is 2.55 bits per heavy atom. The zero-order valence-electron chi connectivity index (χ0n) is 7.88. The summed E-state index contributed by atoms with van der Waals surface area (Å²) in [5.74, 6) is 2.02. The first-order valence-electron chi connectivity index (χ1n) is 4.92. The molecule has 0 aromatic rings. The van der Waals surface area contributed by atoms with Crippen LogP contribution in [0, 0.1) is 11.8 Å². The fourth-order valence-electron chi connectivity index (χ4n) is 3.02. The average Bonchev–Trinajstić information content (AvgIpc) is 2.43. The van der Waals surface area contributed by atoms with E-state index in [9.17, 15) is 0 Å². The van der Waals surface area contributed by atoms with Crippen LogP contribution in [-0.2, 0) is 0 Å². The van der Waals surface area contributed by atoms with Crippen molar-refractivity contribution in [1.29, 1.82) is 0 Å². The van der Waals surface area contributed by atoms with Gasteiger partial charge in [-0.3, -0.25) is 0 Å². The van der Waals surface area contributed by atoms with E-state index in [2.05, 4.69) is 25.8 Å². The van der Waals surface area contributed by atoms with Gasteiger partial charge in [-0.1, -0.05) is 6.92 Å². The molecule has 1 aliphatic heterocycles. The van der Waals surface area contributed by atoms with E-state index in [1.807, 2.05) is 0 Å². The maximum atomic E-state index is 2.59. The molecule has 1 heterocycles. The molecule has 1 heteroatoms. The number of fused-ring (bicyclic) bond motifs is 1. The lowest BCUT2D eigenvalue weighted by molar-refractivity contribution is 0.243. The highest BCUT2D eigenvalue weighted by Crippen LogP contribution is 2.43. The summed E-state index contributed by atoms with van der Waals surface area (Å²) in [7, 11) is 2.30. The van der Waals surface area contributed by atoms with Gasteiger partial charge in [-0.25, -0.2) is 0 Å². The van der Waals surface area contributed by atoms with E-state index >= 15 is 0 Å². The lowest BCUT2D eigenvalue weighted by Gasteiger charge is -2.21. The molecule has 11 heavy (non-hydrogen) atoms. The number of rotatable bonds is 0. The minimum absolute atomic E-state index is 0.841. The minimum atomic E-state index is 0.841. The van der Waals surface area contributed by atoms with Crippen LogP contribution in [0.3, 0.4) is 0 Å². The van der Waals surface area contributed by atoms with E-state index in [-0.39, 0.29) is 0 Å². The second-order valence-electron chi connectivity index (χ2n) is 4.54. The predicted octanol–water partition coefficient (Wildman–Crippen LogP) is 2.13. The molecule has 1 nitrogen and oxygen atoms in total. The Morgan fingerprint density at radius 2 is 1.91 bits per heavy atom. The van der Waals surface area contributed by atoms with Gasteiger partial charge >= 0.3 is 0 Å². The van der Waals surface area contributed by atoms with Crippen LogP contribution in [0.5, 0.6) is 0 Å². The van der Waals surface area contributed by atoms with Crippen LogP contribution in [-0.4, -0.2) is 24.0 Å². The lowest BCUT2D eigenvalue weighted by Crippen LogP contribution is -2.30. The first-order valence-corrected chi connectivity index (χ1v) is 4.92. The first kappa shape index (κ1) is 7.60. The molecular formula is C10H19N. The molecule has 0 aromatic heterocycles. The van der Waals surface area contributed by atoms with Crippen LogP contribution in [0.2, 0.25) is 0 Å². The van der Waals surface area contributed by atoms with E-state index in [0.29, 0.717) is 0 Å². The minimum Gasteiger partial charge on any atom is -0.300 e. The number of hydrogen-bond acceptors (Lipinski definition) is 1. The van der Waals surface area contributed by atoms with Crippen molar-refractivity contribution in [3.05, 3.63) is 0 Å². The maximum absolute atomic E-state index is 2.59. The molecule has 2 rings (SSSR count). The van der Waals surface area contributed by atoms with Crippen molar-refractivity contribution in [1.82, 2.24) is 4.90 Å². The second-order valence-corrected chi connectivity index (χ2v) is 4.54. The summed E-state index contributed by atoms with van der Waals surface area (Å²) < 4.78 is 0. The Kier molecular flexibility index (Phi) is 1.71. The monoisotopic (exact) mass is 153 g/mol. The van der Waals surface area contributed by atoms with Gasteiger partial charge in [0, 0.05) is 12.1 Å². The van der Waals surface area contributed by atoms with Gasteiger partial charge in [0.2, 0.25) is 0 Å². The maximum Gasteiger partial charge on any atom is 0.0126 e. The Morgan fingerprint density at radius 1 is 1.18 bits per heavy atom. The van der Waals surface area contributed by atoms with Gasteiger partial charge in [-0.05, 0) is 45.1 Å². The van der Waals surface area contributed by atoms with Gasteiger partial charge in [0.25, 0.3) is 0 Å². The Labute approximate surface area is 69.8 Å². The molecule has 2 fully saturated rings. The smallest absolute Gasteiger partial charge is 0.0126 e. The second kappa shape index (κ2) is 2.48. The molecule has 4 atom stereocenters. The van der Waals surface area contributed by atoms with Crippen molar-refractivity contribution in [3.8, 4) is 0 Å². The SMILES string of the molecule is CC1CCC2C1CC(C)N2C. The van der Waals surface area contributed by atoms with Crippen LogP contribution >= 0.6 is 0 Å². The highest BCUT2D eigenvalue weighted by Gasteiger charge is 2.43. The zero-order valence-corrected chi connectivity index (χ0v) is 7.88. The molecular weight excluding hydrogens is 134 g/mol. The van der Waals surface area contributed by atoms with E-state index in [1.54, 1.807) is 0 Å². The molecule has 64 valence electrons. The predicted molar refractivity (Wildman–Crippen MR) is 47.5 cm³/mol. The fourth-order valence-corrected chi connectivity index (χ4v) is 3.02. The molecule has 0 amide bonds.